The van der Waals surface area contributed by atoms with E-state index in [2.05, 4.69) is 15.5 Å². The zero-order valence-corrected chi connectivity index (χ0v) is 15.2. The van der Waals surface area contributed by atoms with Gasteiger partial charge in [-0.2, -0.15) is 0 Å². The molecule has 3 heterocycles. The van der Waals surface area contributed by atoms with Crippen molar-refractivity contribution in [3.8, 4) is 0 Å². The van der Waals surface area contributed by atoms with E-state index in [1.165, 1.54) is 12.8 Å². The average molecular weight is 356 g/mol. The number of rotatable bonds is 4. The summed E-state index contributed by atoms with van der Waals surface area (Å²) in [5, 5.41) is 11.5. The molecule has 26 heavy (non-hydrogen) atoms. The molecule has 2 aliphatic rings. The van der Waals surface area contributed by atoms with Gasteiger partial charge < -0.3 is 15.1 Å². The number of hydrogen-bond donors (Lipinski definition) is 1. The fourth-order valence-corrected chi connectivity index (χ4v) is 3.41. The van der Waals surface area contributed by atoms with Crippen molar-refractivity contribution >= 4 is 17.6 Å². The lowest BCUT2D eigenvalue weighted by Crippen LogP contribution is -2.37. The highest BCUT2D eigenvalue weighted by atomic mass is 16.2. The van der Waals surface area contributed by atoms with Crippen LogP contribution in [0.3, 0.4) is 0 Å². The molecular weight excluding hydrogens is 332 g/mol. The maximum atomic E-state index is 12.4. The number of nitrogens with zero attached hydrogens (tertiary/aromatic N) is 5. The van der Waals surface area contributed by atoms with Crippen LogP contribution in [0.15, 0.2) is 18.3 Å². The standard InChI is InChI=1S/C18H24N6O2/c1-22(2)18(26)23-8-7-13(10-23)16-21-20-15-6-5-14(11-24(15)16)17(25)19-9-12-3-4-12/h5-6,11-13H,3-4,7-10H2,1-2H3,(H,19,25)/t13-/m1/s1. The van der Waals surface area contributed by atoms with E-state index in [4.69, 9.17) is 0 Å². The first-order valence-electron chi connectivity index (χ1n) is 9.12. The summed E-state index contributed by atoms with van der Waals surface area (Å²) < 4.78 is 1.89. The minimum absolute atomic E-state index is 0.0152. The number of nitrogens with one attached hydrogen (secondary N) is 1. The van der Waals surface area contributed by atoms with Gasteiger partial charge in [-0.25, -0.2) is 4.79 Å². The smallest absolute Gasteiger partial charge is 0.319 e. The van der Waals surface area contributed by atoms with Gasteiger partial charge in [0.1, 0.15) is 5.82 Å². The maximum absolute atomic E-state index is 12.4. The number of hydrogen-bond acceptors (Lipinski definition) is 4. The summed E-state index contributed by atoms with van der Waals surface area (Å²) in [7, 11) is 3.52. The SMILES string of the molecule is CN(C)C(=O)N1CC[C@@H](c2nnc3ccc(C(=O)NCC4CC4)cn23)C1. The van der Waals surface area contributed by atoms with E-state index in [1.807, 2.05) is 21.6 Å². The van der Waals surface area contributed by atoms with Gasteiger partial charge in [0.15, 0.2) is 5.65 Å². The van der Waals surface area contributed by atoms with E-state index in [0.29, 0.717) is 24.6 Å². The van der Waals surface area contributed by atoms with Gasteiger partial charge >= 0.3 is 6.03 Å². The van der Waals surface area contributed by atoms with Gasteiger partial charge in [-0.1, -0.05) is 0 Å². The van der Waals surface area contributed by atoms with Crippen molar-refractivity contribution in [2.24, 2.45) is 5.92 Å². The lowest BCUT2D eigenvalue weighted by Gasteiger charge is -2.21. The second-order valence-electron chi connectivity index (χ2n) is 7.47. The molecule has 8 heteroatoms. The molecule has 0 bridgehead atoms. The number of carbonyl (C=O) groups excluding carboxylic acids is 2. The van der Waals surface area contributed by atoms with Crippen molar-refractivity contribution in [3.63, 3.8) is 0 Å². The first-order valence-corrected chi connectivity index (χ1v) is 9.12. The van der Waals surface area contributed by atoms with Gasteiger partial charge in [0.25, 0.3) is 5.91 Å². The highest BCUT2D eigenvalue weighted by Gasteiger charge is 2.31. The fraction of sp³-hybridized carbons (Fsp3) is 0.556. The maximum Gasteiger partial charge on any atom is 0.319 e. The Morgan fingerprint density at radius 1 is 1.23 bits per heavy atom. The van der Waals surface area contributed by atoms with E-state index in [-0.39, 0.29) is 17.9 Å². The summed E-state index contributed by atoms with van der Waals surface area (Å²) in [5.41, 5.74) is 1.33. The topological polar surface area (TPSA) is 82.8 Å². The van der Waals surface area contributed by atoms with Crippen LogP contribution in [0.4, 0.5) is 4.79 Å². The van der Waals surface area contributed by atoms with Crippen molar-refractivity contribution in [1.82, 2.24) is 29.7 Å². The summed E-state index contributed by atoms with van der Waals surface area (Å²) in [6.45, 7) is 2.07. The summed E-state index contributed by atoms with van der Waals surface area (Å²) in [6, 6.07) is 3.62. The lowest BCUT2D eigenvalue weighted by atomic mass is 10.1. The van der Waals surface area contributed by atoms with Crippen LogP contribution in [0.1, 0.15) is 41.4 Å². The third kappa shape index (κ3) is 3.23. The Kier molecular flexibility index (Phi) is 4.26. The fourth-order valence-electron chi connectivity index (χ4n) is 3.41. The molecule has 1 atom stereocenters. The zero-order valence-electron chi connectivity index (χ0n) is 15.2. The molecule has 0 radical (unpaired) electrons. The van der Waals surface area contributed by atoms with Crippen LogP contribution in [-0.2, 0) is 0 Å². The molecule has 2 fully saturated rings. The minimum Gasteiger partial charge on any atom is -0.352 e. The molecule has 8 nitrogen and oxygen atoms in total. The zero-order chi connectivity index (χ0) is 18.3. The molecule has 138 valence electrons. The van der Waals surface area contributed by atoms with Gasteiger partial charge in [0.05, 0.1) is 5.56 Å². The molecule has 0 aromatic carbocycles. The number of fused-ring (bicyclic) bond motifs is 1. The Hall–Kier alpha value is -2.64. The Balaban J connectivity index is 1.53. The molecular formula is C18H24N6O2. The number of carbonyl (C=O) groups is 2. The largest absolute Gasteiger partial charge is 0.352 e. The van der Waals surface area contributed by atoms with Crippen LogP contribution < -0.4 is 5.32 Å². The van der Waals surface area contributed by atoms with Crippen LogP contribution in [0.5, 0.6) is 0 Å². The Bertz CT molecular complexity index is 841. The van der Waals surface area contributed by atoms with Crippen molar-refractivity contribution < 1.29 is 9.59 Å². The minimum atomic E-state index is -0.0608. The van der Waals surface area contributed by atoms with Crippen LogP contribution in [0.25, 0.3) is 5.65 Å². The van der Waals surface area contributed by atoms with E-state index in [1.54, 1.807) is 25.1 Å². The van der Waals surface area contributed by atoms with Crippen molar-refractivity contribution in [2.45, 2.75) is 25.2 Å². The van der Waals surface area contributed by atoms with Crippen molar-refractivity contribution in [3.05, 3.63) is 29.7 Å². The van der Waals surface area contributed by atoms with Gasteiger partial charge in [0.2, 0.25) is 0 Å². The molecule has 2 aromatic rings. The summed E-state index contributed by atoms with van der Waals surface area (Å²) in [6.07, 6.45) is 5.07. The normalized spacial score (nSPS) is 19.8. The molecule has 1 N–H and O–H groups in total. The highest BCUT2D eigenvalue weighted by Crippen LogP contribution is 2.28. The quantitative estimate of drug-likeness (QED) is 0.896. The second-order valence-corrected chi connectivity index (χ2v) is 7.47. The molecule has 4 rings (SSSR count). The average Bonchev–Trinajstić information content (AvgIpc) is 3.17. The first kappa shape index (κ1) is 16.8. The van der Waals surface area contributed by atoms with Crippen molar-refractivity contribution in [1.29, 1.82) is 0 Å². The second kappa shape index (κ2) is 6.59. The number of aromatic nitrogens is 3. The van der Waals surface area contributed by atoms with E-state index >= 15 is 0 Å². The molecule has 1 aliphatic carbocycles. The molecule has 1 saturated carbocycles. The Labute approximate surface area is 152 Å². The molecule has 3 amide bonds. The van der Waals surface area contributed by atoms with Gasteiger partial charge in [0, 0.05) is 45.8 Å². The van der Waals surface area contributed by atoms with Crippen LogP contribution >= 0.6 is 0 Å². The van der Waals surface area contributed by atoms with E-state index in [0.717, 1.165) is 24.4 Å². The summed E-state index contributed by atoms with van der Waals surface area (Å²) in [5.74, 6) is 1.52. The number of amides is 3. The molecule has 0 spiro atoms. The molecule has 1 aliphatic heterocycles. The molecule has 0 unspecified atom stereocenters. The molecule has 2 aromatic heterocycles. The first-order chi connectivity index (χ1) is 12.5. The number of likely N-dealkylation sites (tertiary alicyclic amines) is 1. The molecule has 1 saturated heterocycles. The Morgan fingerprint density at radius 2 is 2.04 bits per heavy atom. The predicted molar refractivity (Wildman–Crippen MR) is 96.1 cm³/mol. The van der Waals surface area contributed by atoms with Crippen LogP contribution in [0, 0.1) is 5.92 Å². The summed E-state index contributed by atoms with van der Waals surface area (Å²) in [4.78, 5) is 27.9. The predicted octanol–water partition coefficient (Wildman–Crippen LogP) is 1.34. The third-order valence-electron chi connectivity index (χ3n) is 5.15. The van der Waals surface area contributed by atoms with E-state index in [9.17, 15) is 9.59 Å². The van der Waals surface area contributed by atoms with Gasteiger partial charge in [-0.3, -0.25) is 9.20 Å². The van der Waals surface area contributed by atoms with Crippen molar-refractivity contribution in [2.75, 3.05) is 33.7 Å². The monoisotopic (exact) mass is 356 g/mol. The van der Waals surface area contributed by atoms with Gasteiger partial charge in [-0.15, -0.1) is 10.2 Å². The third-order valence-corrected chi connectivity index (χ3v) is 5.15. The van der Waals surface area contributed by atoms with E-state index < -0.39 is 0 Å². The van der Waals surface area contributed by atoms with Crippen LogP contribution in [-0.4, -0.2) is 70.1 Å². The van der Waals surface area contributed by atoms with Crippen LogP contribution in [0.2, 0.25) is 0 Å². The Morgan fingerprint density at radius 3 is 2.77 bits per heavy atom. The van der Waals surface area contributed by atoms with Gasteiger partial charge in [-0.05, 0) is 37.3 Å². The summed E-state index contributed by atoms with van der Waals surface area (Å²) >= 11 is 0. The lowest BCUT2D eigenvalue weighted by molar-refractivity contribution is 0.0951. The highest BCUT2D eigenvalue weighted by molar-refractivity contribution is 5.94. The number of pyridine rings is 1. The number of urea groups is 1.